The van der Waals surface area contributed by atoms with Gasteiger partial charge in [0.1, 0.15) is 5.82 Å². The summed E-state index contributed by atoms with van der Waals surface area (Å²) >= 11 is 0. The molecule has 8 nitrogen and oxygen atoms in total. The van der Waals surface area contributed by atoms with Gasteiger partial charge in [-0.25, -0.2) is 18.1 Å². The molecule has 0 atom stereocenters. The van der Waals surface area contributed by atoms with Crippen molar-refractivity contribution in [1.29, 1.82) is 0 Å². The summed E-state index contributed by atoms with van der Waals surface area (Å²) in [6, 6.07) is 1.32. The summed E-state index contributed by atoms with van der Waals surface area (Å²) in [5, 5.41) is 13.5. The van der Waals surface area contributed by atoms with Crippen LogP contribution in [-0.4, -0.2) is 37.7 Å². The van der Waals surface area contributed by atoms with Crippen LogP contribution in [0, 0.1) is 17.0 Å². The van der Waals surface area contributed by atoms with E-state index in [2.05, 4.69) is 15.0 Å². The average Bonchev–Trinajstić information content (AvgIpc) is 2.24. The summed E-state index contributed by atoms with van der Waals surface area (Å²) in [5.41, 5.74) is 0.448. The largest absolute Gasteiger partial charge is 0.369 e. The fraction of sp³-hybridized carbons (Fsp3) is 0.444. The van der Waals surface area contributed by atoms with Crippen molar-refractivity contribution < 1.29 is 13.3 Å². The number of sulfonamides is 1. The molecule has 0 fully saturated rings. The lowest BCUT2D eigenvalue weighted by molar-refractivity contribution is -0.385. The normalized spacial score (nSPS) is 11.2. The van der Waals surface area contributed by atoms with Gasteiger partial charge in [0, 0.05) is 24.8 Å². The number of aromatic nitrogens is 1. The van der Waals surface area contributed by atoms with Crippen LogP contribution in [0.2, 0.25) is 0 Å². The quantitative estimate of drug-likeness (QED) is 0.437. The van der Waals surface area contributed by atoms with Gasteiger partial charge in [0.05, 0.1) is 17.2 Å². The Labute approximate surface area is 105 Å². The van der Waals surface area contributed by atoms with Crippen molar-refractivity contribution in [3.63, 3.8) is 0 Å². The Kier molecular flexibility index (Phi) is 4.56. The van der Waals surface area contributed by atoms with Gasteiger partial charge in [0.2, 0.25) is 10.0 Å². The molecule has 1 rings (SSSR count). The maximum atomic E-state index is 10.8. The van der Waals surface area contributed by atoms with E-state index in [0.29, 0.717) is 17.9 Å². The van der Waals surface area contributed by atoms with E-state index < -0.39 is 14.9 Å². The van der Waals surface area contributed by atoms with Crippen LogP contribution in [0.4, 0.5) is 11.5 Å². The molecule has 0 unspecified atom stereocenters. The van der Waals surface area contributed by atoms with Crippen LogP contribution in [0.5, 0.6) is 0 Å². The van der Waals surface area contributed by atoms with Crippen LogP contribution in [0.3, 0.4) is 0 Å². The van der Waals surface area contributed by atoms with E-state index in [4.69, 9.17) is 0 Å². The Morgan fingerprint density at radius 3 is 2.67 bits per heavy atom. The minimum atomic E-state index is -3.23. The molecule has 0 aliphatic rings. The van der Waals surface area contributed by atoms with Crippen molar-refractivity contribution in [2.24, 2.45) is 0 Å². The highest BCUT2D eigenvalue weighted by Crippen LogP contribution is 2.19. The number of hydrogen-bond acceptors (Lipinski definition) is 6. The minimum absolute atomic E-state index is 0.0245. The summed E-state index contributed by atoms with van der Waals surface area (Å²) in [6.45, 7) is 2.07. The van der Waals surface area contributed by atoms with Crippen molar-refractivity contribution in [3.8, 4) is 0 Å². The maximum Gasteiger partial charge on any atom is 0.277 e. The van der Waals surface area contributed by atoms with Gasteiger partial charge in [0.25, 0.3) is 5.69 Å². The van der Waals surface area contributed by atoms with Gasteiger partial charge in [-0.05, 0) is 6.92 Å². The van der Waals surface area contributed by atoms with Gasteiger partial charge in [0.15, 0.2) is 0 Å². The number of hydrogen-bond donors (Lipinski definition) is 2. The van der Waals surface area contributed by atoms with E-state index in [-0.39, 0.29) is 12.2 Å². The van der Waals surface area contributed by atoms with Crippen LogP contribution in [0.15, 0.2) is 12.3 Å². The lowest BCUT2D eigenvalue weighted by atomic mass is 10.2. The molecule has 2 N–H and O–H groups in total. The Morgan fingerprint density at radius 2 is 2.11 bits per heavy atom. The molecule has 0 aromatic carbocycles. The van der Waals surface area contributed by atoms with Gasteiger partial charge >= 0.3 is 0 Å². The first kappa shape index (κ1) is 14.3. The highest BCUT2D eigenvalue weighted by atomic mass is 32.2. The molecular weight excluding hydrogens is 260 g/mol. The van der Waals surface area contributed by atoms with Gasteiger partial charge in [-0.2, -0.15) is 0 Å². The number of anilines is 1. The topological polar surface area (TPSA) is 114 Å². The Hall–Kier alpha value is -1.74. The van der Waals surface area contributed by atoms with Crippen LogP contribution in [0.1, 0.15) is 5.56 Å². The number of nitrogens with one attached hydrogen (secondary N) is 2. The highest BCUT2D eigenvalue weighted by Gasteiger charge is 2.11. The third-order valence-corrected chi connectivity index (χ3v) is 2.80. The molecule has 1 aromatic heterocycles. The first-order valence-electron chi connectivity index (χ1n) is 5.09. The lowest BCUT2D eigenvalue weighted by Gasteiger charge is -2.06. The molecule has 1 aromatic rings. The second-order valence-electron chi connectivity index (χ2n) is 3.71. The number of nitrogens with zero attached hydrogens (tertiary/aromatic N) is 2. The Morgan fingerprint density at radius 1 is 1.44 bits per heavy atom. The molecule has 0 aliphatic heterocycles. The summed E-state index contributed by atoms with van der Waals surface area (Å²) in [4.78, 5) is 14.2. The highest BCUT2D eigenvalue weighted by molar-refractivity contribution is 7.88. The predicted octanol–water partition coefficient (Wildman–Crippen LogP) is 0.259. The number of rotatable bonds is 6. The molecular formula is C9H14N4O4S. The zero-order chi connectivity index (χ0) is 13.8. The van der Waals surface area contributed by atoms with Gasteiger partial charge in [-0.1, -0.05) is 0 Å². The van der Waals surface area contributed by atoms with E-state index in [9.17, 15) is 18.5 Å². The third kappa shape index (κ3) is 4.63. The van der Waals surface area contributed by atoms with Crippen LogP contribution >= 0.6 is 0 Å². The molecule has 100 valence electrons. The first-order valence-corrected chi connectivity index (χ1v) is 6.98. The van der Waals surface area contributed by atoms with Crippen molar-refractivity contribution in [2.75, 3.05) is 24.7 Å². The lowest BCUT2D eigenvalue weighted by Crippen LogP contribution is -2.27. The molecule has 9 heteroatoms. The summed E-state index contributed by atoms with van der Waals surface area (Å²) in [5.74, 6) is 0.336. The van der Waals surface area contributed by atoms with E-state index in [1.807, 2.05) is 0 Å². The first-order chi connectivity index (χ1) is 8.29. The van der Waals surface area contributed by atoms with E-state index >= 15 is 0 Å². The van der Waals surface area contributed by atoms with Crippen molar-refractivity contribution in [3.05, 3.63) is 27.9 Å². The molecule has 0 radical (unpaired) electrons. The molecule has 1 heterocycles. The van der Waals surface area contributed by atoms with Crippen molar-refractivity contribution >= 4 is 21.5 Å². The van der Waals surface area contributed by atoms with Gasteiger partial charge in [-0.3, -0.25) is 10.1 Å². The number of pyridine rings is 1. The average molecular weight is 274 g/mol. The third-order valence-electron chi connectivity index (χ3n) is 2.07. The van der Waals surface area contributed by atoms with Crippen LogP contribution in [-0.2, 0) is 10.0 Å². The standard InChI is InChI=1S/C9H14N4O4S/c1-7-6-11-9(5-8(7)13(14)15)10-3-4-12-18(2,16)17/h5-6,12H,3-4H2,1-2H3,(H,10,11). The molecule has 0 aliphatic carbocycles. The number of nitro groups is 1. The molecule has 0 bridgehead atoms. The monoisotopic (exact) mass is 274 g/mol. The van der Waals surface area contributed by atoms with Crippen LogP contribution < -0.4 is 10.0 Å². The Balaban J connectivity index is 2.58. The van der Waals surface area contributed by atoms with Crippen molar-refractivity contribution in [2.45, 2.75) is 6.92 Å². The predicted molar refractivity (Wildman–Crippen MR) is 67.0 cm³/mol. The molecule has 0 saturated carbocycles. The fourth-order valence-electron chi connectivity index (χ4n) is 1.23. The van der Waals surface area contributed by atoms with Gasteiger partial charge in [-0.15, -0.1) is 0 Å². The summed E-state index contributed by atoms with van der Waals surface area (Å²) in [7, 11) is -3.23. The zero-order valence-corrected chi connectivity index (χ0v) is 10.8. The fourth-order valence-corrected chi connectivity index (χ4v) is 1.71. The zero-order valence-electron chi connectivity index (χ0n) is 10.0. The molecule has 0 amide bonds. The minimum Gasteiger partial charge on any atom is -0.369 e. The maximum absolute atomic E-state index is 10.8. The molecule has 18 heavy (non-hydrogen) atoms. The smallest absolute Gasteiger partial charge is 0.277 e. The van der Waals surface area contributed by atoms with Gasteiger partial charge < -0.3 is 5.32 Å². The second kappa shape index (κ2) is 5.74. The van der Waals surface area contributed by atoms with Crippen molar-refractivity contribution in [1.82, 2.24) is 9.71 Å². The van der Waals surface area contributed by atoms with Crippen LogP contribution in [0.25, 0.3) is 0 Å². The SMILES string of the molecule is Cc1cnc(NCCNS(C)(=O)=O)cc1[N+](=O)[O-]. The van der Waals surface area contributed by atoms with E-state index in [1.165, 1.54) is 12.3 Å². The second-order valence-corrected chi connectivity index (χ2v) is 5.54. The van der Waals surface area contributed by atoms with E-state index in [0.717, 1.165) is 6.26 Å². The Bertz CT molecular complexity index is 543. The number of aryl methyl sites for hydroxylation is 1. The van der Waals surface area contributed by atoms with E-state index in [1.54, 1.807) is 6.92 Å². The summed E-state index contributed by atoms with van der Waals surface area (Å²) < 4.78 is 23.9. The summed E-state index contributed by atoms with van der Waals surface area (Å²) in [6.07, 6.45) is 2.45. The molecule has 0 saturated heterocycles. The molecule has 0 spiro atoms.